The molecule has 7 nitrogen and oxygen atoms in total. The van der Waals surface area contributed by atoms with Crippen molar-refractivity contribution >= 4 is 18.0 Å². The van der Waals surface area contributed by atoms with Gasteiger partial charge >= 0.3 is 11.8 Å². The van der Waals surface area contributed by atoms with E-state index in [0.29, 0.717) is 30.3 Å². The number of nitrogens with zero attached hydrogens (tertiary/aromatic N) is 1. The lowest BCUT2D eigenvalue weighted by Crippen LogP contribution is -2.41. The fraction of sp³-hybridized carbons (Fsp3) is 0.286. The Morgan fingerprint density at radius 3 is 2.46 bits per heavy atom. The van der Waals surface area contributed by atoms with E-state index in [9.17, 15) is 9.59 Å². The van der Waals surface area contributed by atoms with Gasteiger partial charge in [-0.05, 0) is 50.1 Å². The average Bonchev–Trinajstić information content (AvgIpc) is 2.68. The summed E-state index contributed by atoms with van der Waals surface area (Å²) in [6, 6.07) is 15.0. The molecule has 7 heteroatoms. The highest BCUT2D eigenvalue weighted by molar-refractivity contribution is 6.35. The molecule has 0 aliphatic heterocycles. The zero-order valence-electron chi connectivity index (χ0n) is 16.3. The Labute approximate surface area is 164 Å². The third-order valence-electron chi connectivity index (χ3n) is 3.51. The quantitative estimate of drug-likeness (QED) is 0.417. The number of hydrogen-bond donors (Lipinski definition) is 2. The molecule has 2 amide bonds. The molecule has 2 aromatic rings. The lowest BCUT2D eigenvalue weighted by molar-refractivity contribution is -0.139. The van der Waals surface area contributed by atoms with E-state index in [1.807, 2.05) is 37.3 Å². The van der Waals surface area contributed by atoms with E-state index < -0.39 is 11.8 Å². The molecule has 0 spiro atoms. The molecule has 0 saturated heterocycles. The summed E-state index contributed by atoms with van der Waals surface area (Å²) in [5.74, 6) is -0.362. The molecule has 0 aliphatic carbocycles. The molecule has 0 unspecified atom stereocenters. The second kappa shape index (κ2) is 10.7. The number of carbonyl (C=O) groups excluding carboxylic acids is 2. The van der Waals surface area contributed by atoms with Crippen LogP contribution in [0.4, 0.5) is 0 Å². The third kappa shape index (κ3) is 6.75. The largest absolute Gasteiger partial charge is 0.490 e. The van der Waals surface area contributed by atoms with Gasteiger partial charge in [0, 0.05) is 6.04 Å². The van der Waals surface area contributed by atoms with Crippen LogP contribution in [0.1, 0.15) is 31.9 Å². The minimum Gasteiger partial charge on any atom is -0.490 e. The predicted molar refractivity (Wildman–Crippen MR) is 107 cm³/mol. The first kappa shape index (κ1) is 21.0. The second-order valence-electron chi connectivity index (χ2n) is 6.24. The highest BCUT2D eigenvalue weighted by Crippen LogP contribution is 2.28. The topological polar surface area (TPSA) is 89.0 Å². The summed E-state index contributed by atoms with van der Waals surface area (Å²) in [4.78, 5) is 23.2. The highest BCUT2D eigenvalue weighted by Gasteiger charge is 2.13. The van der Waals surface area contributed by atoms with Crippen LogP contribution in [0.15, 0.2) is 53.6 Å². The van der Waals surface area contributed by atoms with Crippen molar-refractivity contribution in [2.45, 2.75) is 33.4 Å². The number of ether oxygens (including phenoxy) is 2. The van der Waals surface area contributed by atoms with Crippen LogP contribution in [0, 0.1) is 0 Å². The van der Waals surface area contributed by atoms with Gasteiger partial charge in [0.2, 0.25) is 0 Å². The first-order chi connectivity index (χ1) is 13.5. The van der Waals surface area contributed by atoms with Crippen LogP contribution in [0.5, 0.6) is 11.5 Å². The summed E-state index contributed by atoms with van der Waals surface area (Å²) in [6.45, 7) is 6.33. The summed E-state index contributed by atoms with van der Waals surface area (Å²) in [5.41, 5.74) is 3.94. The van der Waals surface area contributed by atoms with Gasteiger partial charge in [-0.2, -0.15) is 5.10 Å². The number of hydrogen-bond acceptors (Lipinski definition) is 5. The summed E-state index contributed by atoms with van der Waals surface area (Å²) in [5, 5.41) is 6.30. The molecule has 0 fully saturated rings. The monoisotopic (exact) mass is 383 g/mol. The van der Waals surface area contributed by atoms with E-state index in [4.69, 9.17) is 9.47 Å². The standard InChI is InChI=1S/C21H25N3O4/c1-4-27-19-12-17(13-22-24-21(26)20(25)23-15(2)3)10-11-18(19)28-14-16-8-6-5-7-9-16/h5-13,15H,4,14H2,1-3H3,(H,23,25)(H,24,26)/b22-13+. The van der Waals surface area contributed by atoms with Crippen molar-refractivity contribution in [3.63, 3.8) is 0 Å². The molecule has 0 aromatic heterocycles. The number of hydrazone groups is 1. The van der Waals surface area contributed by atoms with Crippen LogP contribution in [-0.4, -0.2) is 30.7 Å². The van der Waals surface area contributed by atoms with E-state index in [0.717, 1.165) is 5.56 Å². The Balaban J connectivity index is 2.00. The SMILES string of the molecule is CCOc1cc(/C=N/NC(=O)C(=O)NC(C)C)ccc1OCc1ccccc1. The smallest absolute Gasteiger partial charge is 0.329 e. The van der Waals surface area contributed by atoms with Gasteiger partial charge in [0.1, 0.15) is 6.61 Å². The van der Waals surface area contributed by atoms with Gasteiger partial charge in [-0.3, -0.25) is 9.59 Å². The second-order valence-corrected chi connectivity index (χ2v) is 6.24. The van der Waals surface area contributed by atoms with Gasteiger partial charge in [-0.1, -0.05) is 30.3 Å². The van der Waals surface area contributed by atoms with Crippen molar-refractivity contribution in [1.29, 1.82) is 0 Å². The lowest BCUT2D eigenvalue weighted by Gasteiger charge is -2.12. The van der Waals surface area contributed by atoms with Crippen molar-refractivity contribution in [1.82, 2.24) is 10.7 Å². The molecule has 0 heterocycles. The van der Waals surface area contributed by atoms with Crippen molar-refractivity contribution < 1.29 is 19.1 Å². The lowest BCUT2D eigenvalue weighted by atomic mass is 10.2. The zero-order valence-corrected chi connectivity index (χ0v) is 16.3. The fourth-order valence-electron chi connectivity index (χ4n) is 2.27. The molecule has 0 bridgehead atoms. The fourth-order valence-corrected chi connectivity index (χ4v) is 2.27. The van der Waals surface area contributed by atoms with Crippen LogP contribution >= 0.6 is 0 Å². The number of rotatable bonds is 8. The minimum atomic E-state index is -0.821. The zero-order chi connectivity index (χ0) is 20.4. The maximum Gasteiger partial charge on any atom is 0.329 e. The molecule has 0 atom stereocenters. The maximum atomic E-state index is 11.6. The van der Waals surface area contributed by atoms with Crippen molar-refractivity contribution in [2.75, 3.05) is 6.61 Å². The Kier molecular flexibility index (Phi) is 8.02. The van der Waals surface area contributed by atoms with E-state index in [2.05, 4.69) is 15.8 Å². The molecule has 2 aromatic carbocycles. The molecule has 0 aliphatic rings. The Bertz CT molecular complexity index is 820. The maximum absolute atomic E-state index is 11.6. The number of amides is 2. The van der Waals surface area contributed by atoms with Crippen molar-refractivity contribution in [2.24, 2.45) is 5.10 Å². The van der Waals surface area contributed by atoms with Gasteiger partial charge in [0.05, 0.1) is 12.8 Å². The molecular formula is C21H25N3O4. The van der Waals surface area contributed by atoms with Crippen LogP contribution in [0.25, 0.3) is 0 Å². The van der Waals surface area contributed by atoms with Gasteiger partial charge in [0.25, 0.3) is 0 Å². The number of nitrogens with one attached hydrogen (secondary N) is 2. The molecule has 28 heavy (non-hydrogen) atoms. The van der Waals surface area contributed by atoms with Crippen molar-refractivity contribution in [3.05, 3.63) is 59.7 Å². The van der Waals surface area contributed by atoms with Gasteiger partial charge < -0.3 is 14.8 Å². The first-order valence-electron chi connectivity index (χ1n) is 9.07. The minimum absolute atomic E-state index is 0.126. The number of carbonyl (C=O) groups is 2. The van der Waals surface area contributed by atoms with Gasteiger partial charge in [0.15, 0.2) is 11.5 Å². The molecule has 2 N–H and O–H groups in total. The predicted octanol–water partition coefficient (Wildman–Crippen LogP) is 2.64. The summed E-state index contributed by atoms with van der Waals surface area (Å²) in [7, 11) is 0. The molecular weight excluding hydrogens is 358 g/mol. The van der Waals surface area contributed by atoms with Crippen LogP contribution in [-0.2, 0) is 16.2 Å². The van der Waals surface area contributed by atoms with E-state index >= 15 is 0 Å². The highest BCUT2D eigenvalue weighted by atomic mass is 16.5. The molecule has 148 valence electrons. The summed E-state index contributed by atoms with van der Waals surface area (Å²) >= 11 is 0. The normalized spacial score (nSPS) is 10.7. The van der Waals surface area contributed by atoms with Crippen LogP contribution in [0.2, 0.25) is 0 Å². The molecule has 2 rings (SSSR count). The van der Waals surface area contributed by atoms with E-state index in [-0.39, 0.29) is 6.04 Å². The Morgan fingerprint density at radius 2 is 1.79 bits per heavy atom. The van der Waals surface area contributed by atoms with Crippen molar-refractivity contribution in [3.8, 4) is 11.5 Å². The first-order valence-corrected chi connectivity index (χ1v) is 9.07. The Hall–Kier alpha value is -3.35. The van der Waals surface area contributed by atoms with E-state index in [1.54, 1.807) is 32.0 Å². The molecule has 0 saturated carbocycles. The summed E-state index contributed by atoms with van der Waals surface area (Å²) < 4.78 is 11.5. The van der Waals surface area contributed by atoms with Crippen LogP contribution in [0.3, 0.4) is 0 Å². The molecule has 0 radical (unpaired) electrons. The van der Waals surface area contributed by atoms with E-state index in [1.165, 1.54) is 6.21 Å². The Morgan fingerprint density at radius 1 is 1.04 bits per heavy atom. The third-order valence-corrected chi connectivity index (χ3v) is 3.51. The average molecular weight is 383 g/mol. The number of benzene rings is 2. The van der Waals surface area contributed by atoms with Crippen LogP contribution < -0.4 is 20.2 Å². The van der Waals surface area contributed by atoms with Gasteiger partial charge in [-0.15, -0.1) is 0 Å². The van der Waals surface area contributed by atoms with Gasteiger partial charge in [-0.25, -0.2) is 5.43 Å². The summed E-state index contributed by atoms with van der Waals surface area (Å²) in [6.07, 6.45) is 1.43.